The first-order valence-corrected chi connectivity index (χ1v) is 10.8. The molecule has 8 heteroatoms. The maximum atomic E-state index is 13.6. The maximum Gasteiger partial charge on any atom is 0.318 e. The Morgan fingerprint density at radius 2 is 2.23 bits per heavy atom. The van der Waals surface area contributed by atoms with Gasteiger partial charge >= 0.3 is 6.01 Å². The van der Waals surface area contributed by atoms with Crippen molar-refractivity contribution in [1.82, 2.24) is 15.3 Å². The van der Waals surface area contributed by atoms with E-state index in [4.69, 9.17) is 10.00 Å². The Bertz CT molecular complexity index is 1060. The van der Waals surface area contributed by atoms with Crippen LogP contribution in [0.3, 0.4) is 0 Å². The molecule has 1 aliphatic carbocycles. The number of piperazine rings is 1. The van der Waals surface area contributed by atoms with Crippen molar-refractivity contribution < 1.29 is 9.53 Å². The lowest BCUT2D eigenvalue weighted by Gasteiger charge is -2.42. The van der Waals surface area contributed by atoms with E-state index in [-0.39, 0.29) is 11.9 Å². The van der Waals surface area contributed by atoms with Crippen LogP contribution in [0.1, 0.15) is 36.1 Å². The summed E-state index contributed by atoms with van der Waals surface area (Å²) in [7, 11) is 1.56. The van der Waals surface area contributed by atoms with E-state index in [1.54, 1.807) is 7.11 Å². The highest BCUT2D eigenvalue weighted by molar-refractivity contribution is 6.04. The number of rotatable bonds is 3. The lowest BCUT2D eigenvalue weighted by atomic mass is 9.65. The van der Waals surface area contributed by atoms with Gasteiger partial charge in [0.25, 0.3) is 0 Å². The molecule has 5 rings (SSSR count). The van der Waals surface area contributed by atoms with Gasteiger partial charge in [-0.25, -0.2) is 0 Å². The number of hydrogen-bond donors (Lipinski definition) is 2. The summed E-state index contributed by atoms with van der Waals surface area (Å²) in [5, 5.41) is 15.6. The molecular weight excluding hydrogens is 392 g/mol. The van der Waals surface area contributed by atoms with Crippen LogP contribution in [-0.2, 0) is 23.1 Å². The largest absolute Gasteiger partial charge is 0.467 e. The number of hydrogen-bond acceptors (Lipinski definition) is 7. The number of benzene rings is 1. The third-order valence-corrected chi connectivity index (χ3v) is 6.74. The summed E-state index contributed by atoms with van der Waals surface area (Å²) in [4.78, 5) is 25.0. The van der Waals surface area contributed by atoms with Gasteiger partial charge in [0, 0.05) is 32.1 Å². The average molecular weight is 419 g/mol. The molecule has 0 radical (unpaired) electrons. The number of aryl methyl sites for hydroxylation is 1. The van der Waals surface area contributed by atoms with Crippen molar-refractivity contribution in [2.75, 3.05) is 37.0 Å². The van der Waals surface area contributed by atoms with Crippen molar-refractivity contribution in [3.63, 3.8) is 0 Å². The maximum absolute atomic E-state index is 13.6. The fourth-order valence-electron chi connectivity index (χ4n) is 5.25. The van der Waals surface area contributed by atoms with Crippen molar-refractivity contribution in [3.05, 3.63) is 41.1 Å². The Labute approximate surface area is 181 Å². The first-order chi connectivity index (χ1) is 15.1. The number of fused-ring (bicyclic) bond motifs is 3. The molecule has 1 saturated heterocycles. The Morgan fingerprint density at radius 1 is 1.35 bits per heavy atom. The third-order valence-electron chi connectivity index (χ3n) is 6.74. The molecule has 3 heterocycles. The predicted molar refractivity (Wildman–Crippen MR) is 116 cm³/mol. The topological polar surface area (TPSA) is 103 Å². The summed E-state index contributed by atoms with van der Waals surface area (Å²) in [6.45, 7) is 2.13. The Kier molecular flexibility index (Phi) is 4.98. The van der Waals surface area contributed by atoms with Crippen LogP contribution in [0.15, 0.2) is 24.3 Å². The monoisotopic (exact) mass is 418 g/mol. The molecule has 1 fully saturated rings. The van der Waals surface area contributed by atoms with E-state index >= 15 is 0 Å². The van der Waals surface area contributed by atoms with Crippen LogP contribution in [0, 0.1) is 11.3 Å². The standard InChI is InChI=1S/C23H26N6O2/c1-31-22-26-18-13-23(9-4-6-15-5-2-3-7-17(15)23)21(30)27-19(18)20(28-22)29-12-11-25-16(14-29)8-10-24/h2-3,5,7,16,25H,4,6,8-9,11-14H2,1H3,(H,27,30). The van der Waals surface area contributed by atoms with Crippen molar-refractivity contribution in [2.24, 2.45) is 0 Å². The zero-order valence-corrected chi connectivity index (χ0v) is 17.6. The van der Waals surface area contributed by atoms with Gasteiger partial charge in [0.1, 0.15) is 5.69 Å². The first kappa shape index (κ1) is 19.8. The minimum Gasteiger partial charge on any atom is -0.467 e. The molecule has 2 N–H and O–H groups in total. The van der Waals surface area contributed by atoms with E-state index in [1.807, 2.05) is 12.1 Å². The van der Waals surface area contributed by atoms with E-state index in [9.17, 15) is 4.79 Å². The number of carbonyl (C=O) groups excluding carboxylic acids is 1. The second-order valence-electron chi connectivity index (χ2n) is 8.54. The summed E-state index contributed by atoms with van der Waals surface area (Å²) in [5.74, 6) is 0.699. The SMILES string of the molecule is COc1nc2c(c(N3CCNC(CC#N)C3)n1)NC(=O)C1(CCCc3ccccc31)C2. The number of carbonyl (C=O) groups is 1. The molecule has 2 atom stereocenters. The zero-order chi connectivity index (χ0) is 21.4. The molecule has 1 spiro atoms. The molecule has 2 unspecified atom stereocenters. The smallest absolute Gasteiger partial charge is 0.318 e. The minimum absolute atomic E-state index is 0.0193. The Balaban J connectivity index is 1.57. The molecule has 160 valence electrons. The number of nitrogens with one attached hydrogen (secondary N) is 2. The Hall–Kier alpha value is -3.18. The van der Waals surface area contributed by atoms with Gasteiger partial charge in [-0.15, -0.1) is 0 Å². The van der Waals surface area contributed by atoms with Gasteiger partial charge in [-0.3, -0.25) is 4.79 Å². The molecule has 0 bridgehead atoms. The van der Waals surface area contributed by atoms with Gasteiger partial charge in [-0.2, -0.15) is 15.2 Å². The number of aromatic nitrogens is 2. The summed E-state index contributed by atoms with van der Waals surface area (Å²) in [5.41, 5.74) is 3.24. The third kappa shape index (κ3) is 3.29. The molecule has 0 saturated carbocycles. The Morgan fingerprint density at radius 3 is 3.06 bits per heavy atom. The predicted octanol–water partition coefficient (Wildman–Crippen LogP) is 1.95. The molecule has 1 aromatic heterocycles. The number of anilines is 2. The first-order valence-electron chi connectivity index (χ1n) is 10.8. The number of ether oxygens (including phenoxy) is 1. The molecule has 1 aromatic carbocycles. The van der Waals surface area contributed by atoms with Crippen molar-refractivity contribution in [3.8, 4) is 12.1 Å². The lowest BCUT2D eigenvalue weighted by Crippen LogP contribution is -2.52. The summed E-state index contributed by atoms with van der Waals surface area (Å²) >= 11 is 0. The average Bonchev–Trinajstić information content (AvgIpc) is 2.80. The normalized spacial score (nSPS) is 24.7. The highest BCUT2D eigenvalue weighted by atomic mass is 16.5. The molecule has 3 aliphatic rings. The lowest BCUT2D eigenvalue weighted by molar-refractivity contribution is -0.122. The van der Waals surface area contributed by atoms with Gasteiger partial charge in [0.2, 0.25) is 5.91 Å². The van der Waals surface area contributed by atoms with Crippen LogP contribution in [0.4, 0.5) is 11.5 Å². The van der Waals surface area contributed by atoms with Gasteiger partial charge < -0.3 is 20.3 Å². The van der Waals surface area contributed by atoms with Crippen molar-refractivity contribution in [2.45, 2.75) is 43.6 Å². The van der Waals surface area contributed by atoms with E-state index < -0.39 is 5.41 Å². The van der Waals surface area contributed by atoms with E-state index in [0.29, 0.717) is 36.9 Å². The molecule has 1 amide bonds. The summed E-state index contributed by atoms with van der Waals surface area (Å²) < 4.78 is 5.43. The van der Waals surface area contributed by atoms with Crippen LogP contribution in [0.2, 0.25) is 0 Å². The summed E-state index contributed by atoms with van der Waals surface area (Å²) in [6.07, 6.45) is 3.73. The number of nitriles is 1. The number of amides is 1. The van der Waals surface area contributed by atoms with Crippen LogP contribution in [0.5, 0.6) is 6.01 Å². The quantitative estimate of drug-likeness (QED) is 0.785. The number of nitrogens with zero attached hydrogens (tertiary/aromatic N) is 4. The van der Waals surface area contributed by atoms with Crippen LogP contribution >= 0.6 is 0 Å². The van der Waals surface area contributed by atoms with E-state index in [1.165, 1.54) is 5.56 Å². The molecule has 8 nitrogen and oxygen atoms in total. The minimum atomic E-state index is -0.606. The molecule has 2 aliphatic heterocycles. The fourth-order valence-corrected chi connectivity index (χ4v) is 5.25. The second kappa shape index (κ2) is 7.82. The van der Waals surface area contributed by atoms with E-state index in [2.05, 4.69) is 43.7 Å². The zero-order valence-electron chi connectivity index (χ0n) is 17.6. The molecule has 31 heavy (non-hydrogen) atoms. The summed E-state index contributed by atoms with van der Waals surface area (Å²) in [6, 6.07) is 10.9. The number of methoxy groups -OCH3 is 1. The molecular formula is C23H26N6O2. The highest BCUT2D eigenvalue weighted by Gasteiger charge is 2.48. The van der Waals surface area contributed by atoms with Gasteiger partial charge in [0.15, 0.2) is 5.82 Å². The van der Waals surface area contributed by atoms with Crippen LogP contribution < -0.4 is 20.3 Å². The van der Waals surface area contributed by atoms with E-state index in [0.717, 1.165) is 43.6 Å². The van der Waals surface area contributed by atoms with Crippen molar-refractivity contribution >= 4 is 17.4 Å². The van der Waals surface area contributed by atoms with Gasteiger partial charge in [0.05, 0.1) is 30.7 Å². The fraction of sp³-hybridized carbons (Fsp3) is 0.478. The van der Waals surface area contributed by atoms with Crippen LogP contribution in [-0.4, -0.2) is 48.7 Å². The van der Waals surface area contributed by atoms with Gasteiger partial charge in [-0.1, -0.05) is 24.3 Å². The molecule has 2 aromatic rings. The van der Waals surface area contributed by atoms with Gasteiger partial charge in [-0.05, 0) is 30.4 Å². The van der Waals surface area contributed by atoms with Crippen molar-refractivity contribution in [1.29, 1.82) is 5.26 Å². The second-order valence-corrected chi connectivity index (χ2v) is 8.54. The van der Waals surface area contributed by atoms with Crippen LogP contribution in [0.25, 0.3) is 0 Å². The highest BCUT2D eigenvalue weighted by Crippen LogP contribution is 2.46.